The van der Waals surface area contributed by atoms with Crippen molar-refractivity contribution in [3.63, 3.8) is 0 Å². The van der Waals surface area contributed by atoms with E-state index in [0.717, 1.165) is 19.3 Å². The summed E-state index contributed by atoms with van der Waals surface area (Å²) in [6, 6.07) is 0. The third kappa shape index (κ3) is 6.29. The Bertz CT molecular complexity index is 238. The molecule has 0 aliphatic rings. The van der Waals surface area contributed by atoms with Crippen LogP contribution < -0.4 is 0 Å². The normalized spacial score (nSPS) is 13.9. The van der Waals surface area contributed by atoms with Crippen LogP contribution in [0.5, 0.6) is 0 Å². The van der Waals surface area contributed by atoms with Gasteiger partial charge in [0.1, 0.15) is 0 Å². The molecule has 0 spiro atoms. The van der Waals surface area contributed by atoms with Gasteiger partial charge in [-0.3, -0.25) is 0 Å². The van der Waals surface area contributed by atoms with Crippen LogP contribution in [0.15, 0.2) is 0 Å². The van der Waals surface area contributed by atoms with Crippen molar-refractivity contribution in [2.75, 3.05) is 0 Å². The van der Waals surface area contributed by atoms with Gasteiger partial charge < -0.3 is 0 Å². The smallest absolute Gasteiger partial charge is 0.247 e. The summed E-state index contributed by atoms with van der Waals surface area (Å²) in [6.45, 7) is 7.62. The molecule has 0 saturated heterocycles. The summed E-state index contributed by atoms with van der Waals surface area (Å²) >= 11 is 0. The van der Waals surface area contributed by atoms with Crippen molar-refractivity contribution in [1.29, 1.82) is 0 Å². The van der Waals surface area contributed by atoms with E-state index in [1.807, 2.05) is 13.8 Å². The van der Waals surface area contributed by atoms with E-state index in [4.69, 9.17) is 0 Å². The Hall–Kier alpha value is -1.06. The second kappa shape index (κ2) is 9.02. The van der Waals surface area contributed by atoms with Crippen LogP contribution in [0.1, 0.15) is 59.8 Å². The van der Waals surface area contributed by atoms with Crippen LogP contribution in [-0.4, -0.2) is 11.9 Å². The molecule has 0 aromatic rings. The number of carbonyl (C=O) groups is 2. The largest absolute Gasteiger partial charge is 0.358 e. The van der Waals surface area contributed by atoms with E-state index < -0.39 is 11.9 Å². The second-order valence-corrected chi connectivity index (χ2v) is 4.36. The standard InChI is InChI=1S/C13H24O4/c1-5-8-9-11(7-3)13(15)17-16-12(14)10(4)6-2/h10-11H,5-9H2,1-4H3. The maximum Gasteiger partial charge on any atom is 0.358 e. The summed E-state index contributed by atoms with van der Waals surface area (Å²) in [6.07, 6.45) is 4.18. The molecule has 0 radical (unpaired) electrons. The minimum atomic E-state index is -0.480. The maximum absolute atomic E-state index is 11.6. The van der Waals surface area contributed by atoms with E-state index >= 15 is 0 Å². The molecule has 0 bridgehead atoms. The van der Waals surface area contributed by atoms with Crippen LogP contribution in [0.25, 0.3) is 0 Å². The van der Waals surface area contributed by atoms with Crippen molar-refractivity contribution < 1.29 is 19.4 Å². The van der Waals surface area contributed by atoms with Gasteiger partial charge in [-0.2, -0.15) is 0 Å². The Kier molecular flexibility index (Phi) is 8.46. The first-order chi connectivity index (χ1) is 8.06. The number of unbranched alkanes of at least 4 members (excludes halogenated alkanes) is 1. The molecule has 100 valence electrons. The highest BCUT2D eigenvalue weighted by atomic mass is 17.2. The van der Waals surface area contributed by atoms with E-state index in [2.05, 4.69) is 16.7 Å². The van der Waals surface area contributed by atoms with E-state index in [0.29, 0.717) is 12.8 Å². The van der Waals surface area contributed by atoms with E-state index in [-0.39, 0.29) is 11.8 Å². The number of hydrogen-bond donors (Lipinski definition) is 0. The van der Waals surface area contributed by atoms with Gasteiger partial charge >= 0.3 is 11.9 Å². The SMILES string of the molecule is CCCCC(CC)C(=O)OOC(=O)C(C)CC. The molecule has 0 aliphatic heterocycles. The molecule has 0 amide bonds. The van der Waals surface area contributed by atoms with Crippen molar-refractivity contribution >= 4 is 11.9 Å². The predicted octanol–water partition coefficient (Wildman–Crippen LogP) is 3.25. The fourth-order valence-corrected chi connectivity index (χ4v) is 1.34. The van der Waals surface area contributed by atoms with Gasteiger partial charge in [0.25, 0.3) is 0 Å². The molecule has 4 heteroatoms. The average molecular weight is 244 g/mol. The molecule has 0 heterocycles. The highest BCUT2D eigenvalue weighted by Gasteiger charge is 2.21. The summed E-state index contributed by atoms with van der Waals surface area (Å²) < 4.78 is 0. The first-order valence-corrected chi connectivity index (χ1v) is 6.48. The second-order valence-electron chi connectivity index (χ2n) is 4.36. The van der Waals surface area contributed by atoms with Crippen LogP contribution in [-0.2, 0) is 19.4 Å². The van der Waals surface area contributed by atoms with Crippen molar-refractivity contribution in [2.24, 2.45) is 11.8 Å². The summed E-state index contributed by atoms with van der Waals surface area (Å²) in [7, 11) is 0. The van der Waals surface area contributed by atoms with Gasteiger partial charge in [0.2, 0.25) is 0 Å². The Morgan fingerprint density at radius 1 is 1.00 bits per heavy atom. The number of hydrogen-bond acceptors (Lipinski definition) is 4. The number of rotatable bonds is 7. The summed E-state index contributed by atoms with van der Waals surface area (Å²) in [4.78, 5) is 32.0. The average Bonchev–Trinajstić information content (AvgIpc) is 2.35. The molecule has 2 unspecified atom stereocenters. The zero-order valence-electron chi connectivity index (χ0n) is 11.3. The molecule has 0 fully saturated rings. The predicted molar refractivity (Wildman–Crippen MR) is 64.9 cm³/mol. The van der Waals surface area contributed by atoms with E-state index in [1.165, 1.54) is 0 Å². The zero-order valence-corrected chi connectivity index (χ0v) is 11.3. The van der Waals surface area contributed by atoms with Gasteiger partial charge in [-0.05, 0) is 19.3 Å². The Labute approximate surface area is 104 Å². The highest BCUT2D eigenvalue weighted by Crippen LogP contribution is 2.15. The molecular weight excluding hydrogens is 220 g/mol. The van der Waals surface area contributed by atoms with Gasteiger partial charge in [-0.15, -0.1) is 0 Å². The van der Waals surface area contributed by atoms with Gasteiger partial charge in [-0.1, -0.05) is 40.5 Å². The van der Waals surface area contributed by atoms with Crippen molar-refractivity contribution in [3.05, 3.63) is 0 Å². The molecule has 4 nitrogen and oxygen atoms in total. The van der Waals surface area contributed by atoms with Crippen LogP contribution in [0.2, 0.25) is 0 Å². The summed E-state index contributed by atoms with van der Waals surface area (Å²) in [5.74, 6) is -1.32. The molecule has 0 rings (SSSR count). The molecule has 0 saturated carbocycles. The first-order valence-electron chi connectivity index (χ1n) is 6.48. The lowest BCUT2D eigenvalue weighted by Gasteiger charge is -2.12. The number of carbonyl (C=O) groups excluding carboxylic acids is 2. The summed E-state index contributed by atoms with van der Waals surface area (Å²) in [5, 5.41) is 0. The molecule has 2 atom stereocenters. The van der Waals surface area contributed by atoms with E-state index in [9.17, 15) is 9.59 Å². The molecule has 0 N–H and O–H groups in total. The fraction of sp³-hybridized carbons (Fsp3) is 0.846. The highest BCUT2D eigenvalue weighted by molar-refractivity contribution is 5.75. The minimum Gasteiger partial charge on any atom is -0.247 e. The molecule has 0 aliphatic carbocycles. The van der Waals surface area contributed by atoms with Crippen LogP contribution >= 0.6 is 0 Å². The zero-order chi connectivity index (χ0) is 13.3. The maximum atomic E-state index is 11.6. The lowest BCUT2D eigenvalue weighted by Crippen LogP contribution is -2.22. The third-order valence-corrected chi connectivity index (χ3v) is 2.95. The Morgan fingerprint density at radius 2 is 1.59 bits per heavy atom. The van der Waals surface area contributed by atoms with Gasteiger partial charge in [-0.25, -0.2) is 19.4 Å². The van der Waals surface area contributed by atoms with Gasteiger partial charge in [0.05, 0.1) is 11.8 Å². The summed E-state index contributed by atoms with van der Waals surface area (Å²) in [5.41, 5.74) is 0. The van der Waals surface area contributed by atoms with Crippen molar-refractivity contribution in [2.45, 2.75) is 59.8 Å². The van der Waals surface area contributed by atoms with Crippen LogP contribution in [0.3, 0.4) is 0 Å². The van der Waals surface area contributed by atoms with Gasteiger partial charge in [0.15, 0.2) is 0 Å². The first kappa shape index (κ1) is 15.9. The molecule has 0 aromatic heterocycles. The minimum absolute atomic E-state index is 0.167. The lowest BCUT2D eigenvalue weighted by molar-refractivity contribution is -0.265. The van der Waals surface area contributed by atoms with Crippen molar-refractivity contribution in [3.8, 4) is 0 Å². The van der Waals surface area contributed by atoms with Gasteiger partial charge in [0, 0.05) is 0 Å². The quantitative estimate of drug-likeness (QED) is 0.509. The molecule has 17 heavy (non-hydrogen) atoms. The molecule has 0 aromatic carbocycles. The monoisotopic (exact) mass is 244 g/mol. The third-order valence-electron chi connectivity index (χ3n) is 2.95. The topological polar surface area (TPSA) is 52.6 Å². The Morgan fingerprint density at radius 3 is 2.06 bits per heavy atom. The Balaban J connectivity index is 4.01. The fourth-order valence-electron chi connectivity index (χ4n) is 1.34. The van der Waals surface area contributed by atoms with E-state index in [1.54, 1.807) is 6.92 Å². The lowest BCUT2D eigenvalue weighted by atomic mass is 10.00. The van der Waals surface area contributed by atoms with Crippen LogP contribution in [0, 0.1) is 11.8 Å². The van der Waals surface area contributed by atoms with Crippen LogP contribution in [0.4, 0.5) is 0 Å². The van der Waals surface area contributed by atoms with Crippen molar-refractivity contribution in [1.82, 2.24) is 0 Å². The molecular formula is C13H24O4.